The zero-order valence-electron chi connectivity index (χ0n) is 13.2. The molecule has 1 aromatic heterocycles. The molecule has 0 bridgehead atoms. The maximum absolute atomic E-state index is 5.76. The fraction of sp³-hybridized carbons (Fsp3) is 0.750. The smallest absolute Gasteiger partial charge is 0.160 e. The number of nitrogens with zero attached hydrogens (tertiary/aromatic N) is 2. The van der Waals surface area contributed by atoms with Crippen molar-refractivity contribution in [2.45, 2.75) is 71.8 Å². The van der Waals surface area contributed by atoms with E-state index in [1.807, 2.05) is 0 Å². The largest absolute Gasteiger partial charge is 0.490 e. The van der Waals surface area contributed by atoms with Crippen LogP contribution in [0, 0.1) is 0 Å². The van der Waals surface area contributed by atoms with Crippen molar-refractivity contribution in [3.8, 4) is 5.75 Å². The maximum atomic E-state index is 5.76. The highest BCUT2D eigenvalue weighted by molar-refractivity contribution is 5.25. The van der Waals surface area contributed by atoms with Gasteiger partial charge in [-0.1, -0.05) is 52.9 Å². The van der Waals surface area contributed by atoms with E-state index in [2.05, 4.69) is 30.7 Å². The van der Waals surface area contributed by atoms with Crippen LogP contribution in [0.5, 0.6) is 5.75 Å². The van der Waals surface area contributed by atoms with Crippen molar-refractivity contribution in [1.29, 1.82) is 0 Å². The van der Waals surface area contributed by atoms with Crippen LogP contribution >= 0.6 is 0 Å². The van der Waals surface area contributed by atoms with Crippen molar-refractivity contribution >= 4 is 0 Å². The molecule has 20 heavy (non-hydrogen) atoms. The molecule has 1 heterocycles. The molecule has 114 valence electrons. The van der Waals surface area contributed by atoms with Gasteiger partial charge in [0, 0.05) is 12.5 Å². The van der Waals surface area contributed by atoms with Crippen LogP contribution < -0.4 is 10.5 Å². The van der Waals surface area contributed by atoms with E-state index in [0.717, 1.165) is 30.3 Å². The summed E-state index contributed by atoms with van der Waals surface area (Å²) in [5, 5.41) is 0. The first-order valence-corrected chi connectivity index (χ1v) is 7.87. The SMILES string of the molecule is CCCCCCCCOc1cnc(C(C)C)nc1CN. The Balaban J connectivity index is 2.36. The van der Waals surface area contributed by atoms with Gasteiger partial charge in [-0.2, -0.15) is 0 Å². The number of hydrogen-bond donors (Lipinski definition) is 1. The van der Waals surface area contributed by atoms with Crippen molar-refractivity contribution in [1.82, 2.24) is 9.97 Å². The predicted octanol–water partition coefficient (Wildman–Crippen LogP) is 3.80. The minimum Gasteiger partial charge on any atom is -0.490 e. The molecule has 2 N–H and O–H groups in total. The van der Waals surface area contributed by atoms with Crippen LogP contribution in [0.25, 0.3) is 0 Å². The van der Waals surface area contributed by atoms with Crippen molar-refractivity contribution in [3.63, 3.8) is 0 Å². The van der Waals surface area contributed by atoms with Gasteiger partial charge in [-0.25, -0.2) is 9.97 Å². The first kappa shape index (κ1) is 16.9. The molecule has 0 fully saturated rings. The molecule has 0 radical (unpaired) electrons. The number of hydrogen-bond acceptors (Lipinski definition) is 4. The maximum Gasteiger partial charge on any atom is 0.160 e. The minimum atomic E-state index is 0.313. The number of aromatic nitrogens is 2. The molecule has 0 spiro atoms. The Kier molecular flexibility index (Phi) is 8.19. The van der Waals surface area contributed by atoms with E-state index >= 15 is 0 Å². The third-order valence-electron chi connectivity index (χ3n) is 3.31. The van der Waals surface area contributed by atoms with Crippen LogP contribution in [0.1, 0.15) is 76.7 Å². The van der Waals surface area contributed by atoms with E-state index in [4.69, 9.17) is 10.5 Å². The van der Waals surface area contributed by atoms with Crippen molar-refractivity contribution in [2.24, 2.45) is 5.73 Å². The van der Waals surface area contributed by atoms with Gasteiger partial charge in [0.05, 0.1) is 18.5 Å². The van der Waals surface area contributed by atoms with Gasteiger partial charge in [0.2, 0.25) is 0 Å². The Bertz CT molecular complexity index is 380. The first-order chi connectivity index (χ1) is 9.69. The van der Waals surface area contributed by atoms with E-state index < -0.39 is 0 Å². The molecule has 4 heteroatoms. The molecule has 0 aromatic carbocycles. The van der Waals surface area contributed by atoms with E-state index in [-0.39, 0.29) is 0 Å². The highest BCUT2D eigenvalue weighted by atomic mass is 16.5. The van der Waals surface area contributed by atoms with Crippen LogP contribution in [-0.4, -0.2) is 16.6 Å². The van der Waals surface area contributed by atoms with Crippen LogP contribution in [0.4, 0.5) is 0 Å². The van der Waals surface area contributed by atoms with Gasteiger partial charge in [0.1, 0.15) is 5.82 Å². The number of nitrogens with two attached hydrogens (primary N) is 1. The molecule has 4 nitrogen and oxygen atoms in total. The summed E-state index contributed by atoms with van der Waals surface area (Å²) in [5.41, 5.74) is 6.55. The normalized spacial score (nSPS) is 11.1. The number of unbranched alkanes of at least 4 members (excludes halogenated alkanes) is 5. The second-order valence-corrected chi connectivity index (χ2v) is 5.51. The highest BCUT2D eigenvalue weighted by Gasteiger charge is 2.09. The molecule has 0 saturated carbocycles. The first-order valence-electron chi connectivity index (χ1n) is 7.87. The van der Waals surface area contributed by atoms with Crippen molar-refractivity contribution < 1.29 is 4.74 Å². The molecular formula is C16H29N3O. The molecule has 1 aromatic rings. The molecule has 0 atom stereocenters. The second kappa shape index (κ2) is 9.70. The third-order valence-corrected chi connectivity index (χ3v) is 3.31. The van der Waals surface area contributed by atoms with E-state index in [9.17, 15) is 0 Å². The fourth-order valence-electron chi connectivity index (χ4n) is 2.03. The van der Waals surface area contributed by atoms with Crippen LogP contribution in [0.15, 0.2) is 6.20 Å². The lowest BCUT2D eigenvalue weighted by atomic mass is 10.1. The monoisotopic (exact) mass is 279 g/mol. The summed E-state index contributed by atoms with van der Waals surface area (Å²) in [6, 6.07) is 0. The molecular weight excluding hydrogens is 250 g/mol. The Labute approximate surface area is 123 Å². The van der Waals surface area contributed by atoms with Crippen LogP contribution in [0.2, 0.25) is 0 Å². The Morgan fingerprint density at radius 2 is 1.85 bits per heavy atom. The molecule has 0 unspecified atom stereocenters. The summed E-state index contributed by atoms with van der Waals surface area (Å²) >= 11 is 0. The lowest BCUT2D eigenvalue weighted by Gasteiger charge is -2.11. The molecule has 0 aliphatic heterocycles. The van der Waals surface area contributed by atoms with Crippen LogP contribution in [-0.2, 0) is 6.54 Å². The summed E-state index contributed by atoms with van der Waals surface area (Å²) in [6.07, 6.45) is 9.32. The van der Waals surface area contributed by atoms with Gasteiger partial charge in [0.15, 0.2) is 5.75 Å². The van der Waals surface area contributed by atoms with Gasteiger partial charge in [0.25, 0.3) is 0 Å². The average molecular weight is 279 g/mol. The molecule has 1 rings (SSSR count). The number of ether oxygens (including phenoxy) is 1. The van der Waals surface area contributed by atoms with Gasteiger partial charge in [-0.15, -0.1) is 0 Å². The Hall–Kier alpha value is -1.16. The van der Waals surface area contributed by atoms with E-state index in [1.54, 1.807) is 6.20 Å². The topological polar surface area (TPSA) is 61.0 Å². The summed E-state index contributed by atoms with van der Waals surface area (Å²) < 4.78 is 5.76. The van der Waals surface area contributed by atoms with Crippen molar-refractivity contribution in [2.75, 3.05) is 6.61 Å². The highest BCUT2D eigenvalue weighted by Crippen LogP contribution is 2.18. The molecule has 0 aliphatic carbocycles. The minimum absolute atomic E-state index is 0.313. The second-order valence-electron chi connectivity index (χ2n) is 5.51. The summed E-state index contributed by atoms with van der Waals surface area (Å²) in [4.78, 5) is 8.80. The van der Waals surface area contributed by atoms with Crippen molar-refractivity contribution in [3.05, 3.63) is 17.7 Å². The van der Waals surface area contributed by atoms with Gasteiger partial charge in [-0.05, 0) is 6.42 Å². The fourth-order valence-corrected chi connectivity index (χ4v) is 2.03. The van der Waals surface area contributed by atoms with Gasteiger partial charge in [-0.3, -0.25) is 0 Å². The average Bonchev–Trinajstić information content (AvgIpc) is 2.46. The van der Waals surface area contributed by atoms with E-state index in [1.165, 1.54) is 32.1 Å². The Morgan fingerprint density at radius 3 is 2.50 bits per heavy atom. The lowest BCUT2D eigenvalue weighted by molar-refractivity contribution is 0.298. The lowest BCUT2D eigenvalue weighted by Crippen LogP contribution is -2.09. The van der Waals surface area contributed by atoms with Gasteiger partial charge < -0.3 is 10.5 Å². The predicted molar refractivity (Wildman–Crippen MR) is 82.9 cm³/mol. The number of rotatable bonds is 10. The third kappa shape index (κ3) is 5.87. The summed E-state index contributed by atoms with van der Waals surface area (Å²) in [7, 11) is 0. The molecule has 0 saturated heterocycles. The molecule has 0 aliphatic rings. The summed E-state index contributed by atoms with van der Waals surface area (Å²) in [5.74, 6) is 1.88. The van der Waals surface area contributed by atoms with E-state index in [0.29, 0.717) is 12.5 Å². The quantitative estimate of drug-likeness (QED) is 0.662. The standard InChI is InChI=1S/C16H29N3O/c1-4-5-6-7-8-9-10-20-15-12-18-16(13(2)3)19-14(15)11-17/h12-13H,4-11,17H2,1-3H3. The zero-order valence-corrected chi connectivity index (χ0v) is 13.2. The van der Waals surface area contributed by atoms with Gasteiger partial charge >= 0.3 is 0 Å². The summed E-state index contributed by atoms with van der Waals surface area (Å²) in [6.45, 7) is 7.51. The van der Waals surface area contributed by atoms with Crippen LogP contribution in [0.3, 0.4) is 0 Å². The zero-order chi connectivity index (χ0) is 14.8. The molecule has 0 amide bonds. The Morgan fingerprint density at radius 1 is 1.15 bits per heavy atom.